The molecule has 2 N–H and O–H groups in total. The van der Waals surface area contributed by atoms with E-state index in [1.54, 1.807) is 0 Å². The van der Waals surface area contributed by atoms with Crippen LogP contribution in [0, 0.1) is 0 Å². The molecule has 0 radical (unpaired) electrons. The van der Waals surface area contributed by atoms with Gasteiger partial charge in [-0.25, -0.2) is 0 Å². The second kappa shape index (κ2) is 7.37. The summed E-state index contributed by atoms with van der Waals surface area (Å²) in [5.41, 5.74) is 2.99. The lowest BCUT2D eigenvalue weighted by Crippen LogP contribution is -2.36. The van der Waals surface area contributed by atoms with E-state index < -0.39 is 0 Å². The van der Waals surface area contributed by atoms with Crippen LogP contribution in [0.5, 0.6) is 0 Å². The molecule has 6 heteroatoms. The maximum atomic E-state index is 12.4. The number of hydrogen-bond donors (Lipinski definition) is 2. The molecule has 2 aromatic rings. The minimum absolute atomic E-state index is 0.0520. The van der Waals surface area contributed by atoms with Crippen LogP contribution in [0.1, 0.15) is 34.6 Å². The van der Waals surface area contributed by atoms with Crippen molar-refractivity contribution in [3.05, 3.63) is 53.3 Å². The number of carbonyl (C=O) groups excluding carboxylic acids is 1. The second-order valence-corrected chi connectivity index (χ2v) is 6.96. The van der Waals surface area contributed by atoms with Crippen molar-refractivity contribution in [2.75, 3.05) is 19.6 Å². The molecule has 2 aliphatic heterocycles. The number of amides is 1. The topological polar surface area (TPSA) is 62.2 Å². The zero-order valence-electron chi connectivity index (χ0n) is 14.4. The summed E-state index contributed by atoms with van der Waals surface area (Å²) in [6.07, 6.45) is 2.04. The molecule has 2 aliphatic rings. The predicted molar refractivity (Wildman–Crippen MR) is 96.1 cm³/mol. The van der Waals surface area contributed by atoms with Gasteiger partial charge in [0.1, 0.15) is 0 Å². The Balaban J connectivity index is 1.44. The molecule has 1 fully saturated rings. The van der Waals surface area contributed by atoms with Gasteiger partial charge in [-0.2, -0.15) is 5.10 Å². The molecule has 0 bridgehead atoms. The molecule has 1 atom stereocenters. The normalized spacial score (nSPS) is 20.9. The number of aryl methyl sites for hydroxylation is 1. The van der Waals surface area contributed by atoms with Crippen LogP contribution in [0.4, 0.5) is 0 Å². The van der Waals surface area contributed by atoms with Gasteiger partial charge in [-0.05, 0) is 31.0 Å². The maximum Gasteiger partial charge on any atom is 0.272 e. The van der Waals surface area contributed by atoms with Crippen molar-refractivity contribution < 1.29 is 4.79 Å². The molecular weight excluding hydrogens is 314 g/mol. The molecule has 1 amide bonds. The van der Waals surface area contributed by atoms with E-state index in [1.165, 1.54) is 5.56 Å². The summed E-state index contributed by atoms with van der Waals surface area (Å²) in [6.45, 7) is 5.51. The summed E-state index contributed by atoms with van der Waals surface area (Å²) in [4.78, 5) is 14.9. The number of nitrogens with one attached hydrogen (secondary N) is 2. The fourth-order valence-corrected chi connectivity index (χ4v) is 3.65. The highest BCUT2D eigenvalue weighted by Crippen LogP contribution is 2.16. The van der Waals surface area contributed by atoms with Crippen molar-refractivity contribution in [3.8, 4) is 0 Å². The summed E-state index contributed by atoms with van der Waals surface area (Å²) in [5, 5.41) is 10.9. The Hall–Kier alpha value is -2.18. The van der Waals surface area contributed by atoms with Crippen molar-refractivity contribution in [2.24, 2.45) is 0 Å². The highest BCUT2D eigenvalue weighted by atomic mass is 16.2. The molecule has 1 saturated heterocycles. The highest BCUT2D eigenvalue weighted by Gasteiger charge is 2.22. The standard InChI is InChI=1S/C19H25N5O/c25-19(21-16-7-8-20-12-16)18-11-17-14-23(9-4-10-24(17)22-18)13-15-5-2-1-3-6-15/h1-3,5-6,11,16,20H,4,7-10,12-14H2,(H,21,25). The summed E-state index contributed by atoms with van der Waals surface area (Å²) in [7, 11) is 0. The van der Waals surface area contributed by atoms with Crippen LogP contribution in [0.25, 0.3) is 0 Å². The fraction of sp³-hybridized carbons (Fsp3) is 0.474. The van der Waals surface area contributed by atoms with Gasteiger partial charge in [0.15, 0.2) is 5.69 Å². The van der Waals surface area contributed by atoms with Gasteiger partial charge in [-0.3, -0.25) is 14.4 Å². The van der Waals surface area contributed by atoms with Crippen molar-refractivity contribution in [2.45, 2.75) is 38.5 Å². The lowest BCUT2D eigenvalue weighted by molar-refractivity contribution is 0.0934. The number of hydrogen-bond acceptors (Lipinski definition) is 4. The average Bonchev–Trinajstić information content (AvgIpc) is 3.23. The van der Waals surface area contributed by atoms with Gasteiger partial charge in [0.2, 0.25) is 0 Å². The summed E-state index contributed by atoms with van der Waals surface area (Å²) in [6, 6.07) is 12.7. The van der Waals surface area contributed by atoms with E-state index in [-0.39, 0.29) is 11.9 Å². The van der Waals surface area contributed by atoms with E-state index in [4.69, 9.17) is 0 Å². The van der Waals surface area contributed by atoms with Crippen LogP contribution >= 0.6 is 0 Å². The Morgan fingerprint density at radius 2 is 2.16 bits per heavy atom. The Bertz CT molecular complexity index is 721. The van der Waals surface area contributed by atoms with Crippen LogP contribution < -0.4 is 10.6 Å². The third-order valence-electron chi connectivity index (χ3n) is 4.97. The first-order valence-electron chi connectivity index (χ1n) is 9.12. The van der Waals surface area contributed by atoms with Crippen LogP contribution in [0.3, 0.4) is 0 Å². The lowest BCUT2D eigenvalue weighted by atomic mass is 10.2. The molecule has 1 aromatic carbocycles. The van der Waals surface area contributed by atoms with Gasteiger partial charge < -0.3 is 10.6 Å². The van der Waals surface area contributed by atoms with Crippen LogP contribution in [0.2, 0.25) is 0 Å². The summed E-state index contributed by atoms with van der Waals surface area (Å²) >= 11 is 0. The van der Waals surface area contributed by atoms with Crippen LogP contribution in [0.15, 0.2) is 36.4 Å². The summed E-state index contributed by atoms with van der Waals surface area (Å²) in [5.74, 6) is -0.0520. The molecule has 0 saturated carbocycles. The van der Waals surface area contributed by atoms with E-state index in [1.807, 2.05) is 16.8 Å². The minimum atomic E-state index is -0.0520. The first-order chi connectivity index (χ1) is 12.3. The molecule has 1 unspecified atom stereocenters. The molecular formula is C19H25N5O. The molecule has 1 aromatic heterocycles. The SMILES string of the molecule is O=C(NC1CCNC1)c1cc2n(n1)CCCN(Cc1ccccc1)C2. The smallest absolute Gasteiger partial charge is 0.272 e. The largest absolute Gasteiger partial charge is 0.347 e. The Kier molecular flexibility index (Phi) is 4.81. The Labute approximate surface area is 148 Å². The zero-order chi connectivity index (χ0) is 17.1. The monoisotopic (exact) mass is 339 g/mol. The van der Waals surface area contributed by atoms with E-state index >= 15 is 0 Å². The Morgan fingerprint density at radius 3 is 2.96 bits per heavy atom. The number of aromatic nitrogens is 2. The number of benzene rings is 1. The van der Waals surface area contributed by atoms with Gasteiger partial charge >= 0.3 is 0 Å². The van der Waals surface area contributed by atoms with Gasteiger partial charge in [0, 0.05) is 38.8 Å². The van der Waals surface area contributed by atoms with Gasteiger partial charge in [0.05, 0.1) is 5.69 Å². The molecule has 0 aliphatic carbocycles. The van der Waals surface area contributed by atoms with E-state index in [0.717, 1.165) is 57.8 Å². The average molecular weight is 339 g/mol. The number of carbonyl (C=O) groups is 1. The van der Waals surface area contributed by atoms with Gasteiger partial charge in [0.25, 0.3) is 5.91 Å². The highest BCUT2D eigenvalue weighted by molar-refractivity contribution is 5.92. The molecule has 132 valence electrons. The molecule has 25 heavy (non-hydrogen) atoms. The first kappa shape index (κ1) is 16.3. The third-order valence-corrected chi connectivity index (χ3v) is 4.97. The van der Waals surface area contributed by atoms with E-state index in [0.29, 0.717) is 5.69 Å². The third kappa shape index (κ3) is 3.91. The molecule has 3 heterocycles. The maximum absolute atomic E-state index is 12.4. The van der Waals surface area contributed by atoms with Gasteiger partial charge in [-0.15, -0.1) is 0 Å². The van der Waals surface area contributed by atoms with Crippen LogP contribution in [-0.2, 0) is 19.6 Å². The zero-order valence-corrected chi connectivity index (χ0v) is 14.4. The minimum Gasteiger partial charge on any atom is -0.347 e. The van der Waals surface area contributed by atoms with Crippen molar-refractivity contribution in [3.63, 3.8) is 0 Å². The first-order valence-corrected chi connectivity index (χ1v) is 9.12. The molecule has 4 rings (SSSR count). The van der Waals surface area contributed by atoms with E-state index in [2.05, 4.69) is 44.9 Å². The molecule has 6 nitrogen and oxygen atoms in total. The lowest BCUT2D eigenvalue weighted by Gasteiger charge is -2.19. The quantitative estimate of drug-likeness (QED) is 0.883. The van der Waals surface area contributed by atoms with E-state index in [9.17, 15) is 4.79 Å². The van der Waals surface area contributed by atoms with Crippen molar-refractivity contribution in [1.82, 2.24) is 25.3 Å². The predicted octanol–water partition coefficient (Wildman–Crippen LogP) is 1.38. The summed E-state index contributed by atoms with van der Waals surface area (Å²) < 4.78 is 2.01. The van der Waals surface area contributed by atoms with Crippen molar-refractivity contribution in [1.29, 1.82) is 0 Å². The number of nitrogens with zero attached hydrogens (tertiary/aromatic N) is 3. The van der Waals surface area contributed by atoms with Gasteiger partial charge in [-0.1, -0.05) is 30.3 Å². The second-order valence-electron chi connectivity index (χ2n) is 6.96. The van der Waals surface area contributed by atoms with Crippen molar-refractivity contribution >= 4 is 5.91 Å². The number of fused-ring (bicyclic) bond motifs is 1. The number of rotatable bonds is 4. The Morgan fingerprint density at radius 1 is 1.28 bits per heavy atom. The van der Waals surface area contributed by atoms with Crippen LogP contribution in [-0.4, -0.2) is 46.3 Å². The molecule has 0 spiro atoms. The fourth-order valence-electron chi connectivity index (χ4n) is 3.65.